The number of hydrogen-bond acceptors (Lipinski definition) is 6. The van der Waals surface area contributed by atoms with Gasteiger partial charge in [0.05, 0.1) is 6.26 Å². The Labute approximate surface area is 118 Å². The summed E-state index contributed by atoms with van der Waals surface area (Å²) in [6.07, 6.45) is 3.57. The van der Waals surface area contributed by atoms with E-state index < -0.39 is 33.7 Å². The molecule has 1 heterocycles. The standard InChI is InChI=1S/C13H18O6S/c1-5-8-13-10(18-20(4,15)16)7-6-9(14)11(13)17-12(2,3)19-13/h5-7,10-11H,1,8H2,2-4H3/t10-,11-,13+/m0/s1. The Morgan fingerprint density at radius 3 is 2.70 bits per heavy atom. The molecule has 112 valence electrons. The van der Waals surface area contributed by atoms with E-state index in [4.69, 9.17) is 13.7 Å². The molecule has 0 N–H and O–H groups in total. The second-order valence-electron chi connectivity index (χ2n) is 5.43. The van der Waals surface area contributed by atoms with Crippen LogP contribution in [0.2, 0.25) is 0 Å². The van der Waals surface area contributed by atoms with E-state index in [1.807, 2.05) is 0 Å². The maximum Gasteiger partial charge on any atom is 0.265 e. The summed E-state index contributed by atoms with van der Waals surface area (Å²) in [6, 6.07) is 0. The first-order valence-electron chi connectivity index (χ1n) is 6.19. The minimum Gasteiger partial charge on any atom is -0.337 e. The average molecular weight is 302 g/mol. The maximum absolute atomic E-state index is 12.0. The lowest BCUT2D eigenvalue weighted by molar-refractivity contribution is -0.174. The highest BCUT2D eigenvalue weighted by molar-refractivity contribution is 7.86. The molecule has 1 aliphatic heterocycles. The van der Waals surface area contributed by atoms with E-state index in [2.05, 4.69) is 6.58 Å². The van der Waals surface area contributed by atoms with E-state index in [0.717, 1.165) is 6.26 Å². The van der Waals surface area contributed by atoms with Crippen LogP contribution in [0.1, 0.15) is 20.3 Å². The van der Waals surface area contributed by atoms with Crippen molar-refractivity contribution in [3.63, 3.8) is 0 Å². The number of carbonyl (C=O) groups excluding carboxylic acids is 1. The van der Waals surface area contributed by atoms with Crippen LogP contribution in [0, 0.1) is 0 Å². The van der Waals surface area contributed by atoms with Crippen molar-refractivity contribution in [2.45, 2.75) is 43.9 Å². The molecular weight excluding hydrogens is 284 g/mol. The van der Waals surface area contributed by atoms with Gasteiger partial charge in [0, 0.05) is 6.42 Å². The van der Waals surface area contributed by atoms with Gasteiger partial charge in [-0.05, 0) is 26.0 Å². The summed E-state index contributed by atoms with van der Waals surface area (Å²) >= 11 is 0. The Kier molecular flexibility index (Phi) is 3.66. The lowest BCUT2D eigenvalue weighted by atomic mass is 9.81. The van der Waals surface area contributed by atoms with Crippen molar-refractivity contribution in [1.29, 1.82) is 0 Å². The molecule has 2 aliphatic rings. The molecule has 3 atom stereocenters. The molecule has 20 heavy (non-hydrogen) atoms. The van der Waals surface area contributed by atoms with Crippen molar-refractivity contribution in [1.82, 2.24) is 0 Å². The third-order valence-corrected chi connectivity index (χ3v) is 3.76. The SMILES string of the molecule is C=CC[C@]12OC(C)(C)O[C@H]1C(=O)C=C[C@@H]2OS(C)(=O)=O. The summed E-state index contributed by atoms with van der Waals surface area (Å²) in [4.78, 5) is 12.0. The van der Waals surface area contributed by atoms with Gasteiger partial charge in [-0.1, -0.05) is 6.08 Å². The van der Waals surface area contributed by atoms with E-state index in [-0.39, 0.29) is 12.2 Å². The third kappa shape index (κ3) is 2.71. The fraction of sp³-hybridized carbons (Fsp3) is 0.615. The minimum absolute atomic E-state index is 0.233. The normalized spacial score (nSPS) is 35.9. The van der Waals surface area contributed by atoms with Gasteiger partial charge in [0.2, 0.25) is 0 Å². The van der Waals surface area contributed by atoms with Gasteiger partial charge in [-0.3, -0.25) is 8.98 Å². The van der Waals surface area contributed by atoms with Crippen molar-refractivity contribution < 1.29 is 26.9 Å². The molecule has 7 heteroatoms. The number of ether oxygens (including phenoxy) is 2. The highest BCUT2D eigenvalue weighted by Gasteiger charge is 2.61. The Morgan fingerprint density at radius 1 is 1.50 bits per heavy atom. The van der Waals surface area contributed by atoms with Crippen LogP contribution in [0.3, 0.4) is 0 Å². The van der Waals surface area contributed by atoms with E-state index >= 15 is 0 Å². The first kappa shape index (κ1) is 15.4. The van der Waals surface area contributed by atoms with Crippen molar-refractivity contribution >= 4 is 15.9 Å². The van der Waals surface area contributed by atoms with Crippen molar-refractivity contribution in [2.24, 2.45) is 0 Å². The van der Waals surface area contributed by atoms with Crippen LogP contribution in [-0.4, -0.2) is 44.1 Å². The fourth-order valence-corrected chi connectivity index (χ4v) is 3.25. The zero-order valence-corrected chi connectivity index (χ0v) is 12.5. The molecular formula is C13H18O6S. The highest BCUT2D eigenvalue weighted by Crippen LogP contribution is 2.45. The number of carbonyl (C=O) groups is 1. The lowest BCUT2D eigenvalue weighted by Crippen LogP contribution is -2.56. The van der Waals surface area contributed by atoms with Crippen LogP contribution in [0.5, 0.6) is 0 Å². The monoisotopic (exact) mass is 302 g/mol. The van der Waals surface area contributed by atoms with Gasteiger partial charge in [0.1, 0.15) is 11.7 Å². The second kappa shape index (κ2) is 4.77. The smallest absolute Gasteiger partial charge is 0.265 e. The van der Waals surface area contributed by atoms with Gasteiger partial charge >= 0.3 is 0 Å². The van der Waals surface area contributed by atoms with E-state index in [9.17, 15) is 13.2 Å². The van der Waals surface area contributed by atoms with Crippen LogP contribution in [0.25, 0.3) is 0 Å². The Morgan fingerprint density at radius 2 is 2.15 bits per heavy atom. The first-order valence-corrected chi connectivity index (χ1v) is 8.00. The minimum atomic E-state index is -3.71. The summed E-state index contributed by atoms with van der Waals surface area (Å²) in [5.74, 6) is -1.28. The van der Waals surface area contributed by atoms with Gasteiger partial charge in [0.15, 0.2) is 17.7 Å². The molecule has 2 rings (SSSR count). The fourth-order valence-electron chi connectivity index (χ4n) is 2.65. The Hall–Kier alpha value is -1.02. The zero-order valence-electron chi connectivity index (χ0n) is 11.7. The van der Waals surface area contributed by atoms with Gasteiger partial charge in [0.25, 0.3) is 10.1 Å². The predicted octanol–water partition coefficient (Wildman–Crippen LogP) is 0.936. The molecule has 1 saturated heterocycles. The quantitative estimate of drug-likeness (QED) is 0.568. The molecule has 0 aromatic carbocycles. The largest absolute Gasteiger partial charge is 0.337 e. The molecule has 1 fully saturated rings. The summed E-state index contributed by atoms with van der Waals surface area (Å²) < 4.78 is 39.4. The number of ketones is 1. The van der Waals surface area contributed by atoms with Crippen LogP contribution < -0.4 is 0 Å². The first-order chi connectivity index (χ1) is 9.10. The molecule has 6 nitrogen and oxygen atoms in total. The topological polar surface area (TPSA) is 78.9 Å². The number of hydrogen-bond donors (Lipinski definition) is 0. The van der Waals surface area contributed by atoms with Crippen LogP contribution in [-0.2, 0) is 28.6 Å². The van der Waals surface area contributed by atoms with Crippen LogP contribution in [0.4, 0.5) is 0 Å². The van der Waals surface area contributed by atoms with Crippen molar-refractivity contribution in [3.8, 4) is 0 Å². The molecule has 1 aliphatic carbocycles. The number of fused-ring (bicyclic) bond motifs is 1. The van der Waals surface area contributed by atoms with Crippen molar-refractivity contribution in [3.05, 3.63) is 24.8 Å². The molecule has 0 bridgehead atoms. The molecule has 0 aromatic heterocycles. The number of rotatable bonds is 4. The summed E-state index contributed by atoms with van der Waals surface area (Å²) in [7, 11) is -3.71. The van der Waals surface area contributed by atoms with Crippen molar-refractivity contribution in [2.75, 3.05) is 6.26 Å². The van der Waals surface area contributed by atoms with Gasteiger partial charge in [-0.25, -0.2) is 0 Å². The molecule has 0 spiro atoms. The molecule has 0 radical (unpaired) electrons. The highest BCUT2D eigenvalue weighted by atomic mass is 32.2. The second-order valence-corrected chi connectivity index (χ2v) is 7.03. The van der Waals surface area contributed by atoms with E-state index in [1.54, 1.807) is 19.9 Å². The summed E-state index contributed by atoms with van der Waals surface area (Å²) in [5.41, 5.74) is -1.21. The van der Waals surface area contributed by atoms with Crippen LogP contribution >= 0.6 is 0 Å². The molecule has 0 saturated carbocycles. The van der Waals surface area contributed by atoms with E-state index in [1.165, 1.54) is 12.2 Å². The Bertz CT molecular complexity index is 561. The van der Waals surface area contributed by atoms with Crippen LogP contribution in [0.15, 0.2) is 24.8 Å². The zero-order chi connectivity index (χ0) is 15.2. The van der Waals surface area contributed by atoms with E-state index in [0.29, 0.717) is 0 Å². The summed E-state index contributed by atoms with van der Waals surface area (Å²) in [5, 5.41) is 0. The summed E-state index contributed by atoms with van der Waals surface area (Å²) in [6.45, 7) is 6.97. The van der Waals surface area contributed by atoms with Gasteiger partial charge in [-0.15, -0.1) is 6.58 Å². The molecule has 0 unspecified atom stereocenters. The van der Waals surface area contributed by atoms with Gasteiger partial charge < -0.3 is 9.47 Å². The predicted molar refractivity (Wildman–Crippen MR) is 71.4 cm³/mol. The molecule has 0 aromatic rings. The van der Waals surface area contributed by atoms with Gasteiger partial charge in [-0.2, -0.15) is 8.42 Å². The Balaban J connectivity index is 2.48. The average Bonchev–Trinajstić information content (AvgIpc) is 2.55. The lowest BCUT2D eigenvalue weighted by Gasteiger charge is -2.38. The third-order valence-electron chi connectivity index (χ3n) is 3.20. The maximum atomic E-state index is 12.0. The molecule has 0 amide bonds.